The maximum atomic E-state index is 5.69. The van der Waals surface area contributed by atoms with Crippen molar-refractivity contribution in [2.45, 2.75) is 24.3 Å². The first kappa shape index (κ1) is 15.8. The van der Waals surface area contributed by atoms with Crippen LogP contribution < -0.4 is 11.3 Å². The minimum atomic E-state index is 0.277. The lowest BCUT2D eigenvalue weighted by molar-refractivity contribution is 0.575. The van der Waals surface area contributed by atoms with E-state index in [0.717, 1.165) is 12.2 Å². The molecule has 0 saturated carbocycles. The highest BCUT2D eigenvalue weighted by Crippen LogP contribution is 2.23. The zero-order valence-corrected chi connectivity index (χ0v) is 14.4. The number of hydrogen-bond acceptors (Lipinski definition) is 3. The van der Waals surface area contributed by atoms with Crippen LogP contribution in [-0.4, -0.2) is 11.8 Å². The molecule has 2 aromatic rings. The normalized spacial score (nSPS) is 12.3. The van der Waals surface area contributed by atoms with Gasteiger partial charge in [0.15, 0.2) is 0 Å². The smallest absolute Gasteiger partial charge is 0.0344 e. The van der Waals surface area contributed by atoms with E-state index in [1.807, 2.05) is 11.8 Å². The van der Waals surface area contributed by atoms with Gasteiger partial charge in [-0.3, -0.25) is 11.3 Å². The predicted molar refractivity (Wildman–Crippen MR) is 95.9 cm³/mol. The Labute approximate surface area is 138 Å². The molecule has 0 aliphatic rings. The third-order valence-electron chi connectivity index (χ3n) is 3.16. The lowest BCUT2D eigenvalue weighted by atomic mass is 10.1. The molecule has 0 radical (unpaired) electrons. The van der Waals surface area contributed by atoms with Crippen molar-refractivity contribution in [3.05, 3.63) is 63.2 Å². The third-order valence-corrected chi connectivity index (χ3v) is 5.22. The third kappa shape index (κ3) is 4.77. The van der Waals surface area contributed by atoms with Gasteiger partial charge in [0.2, 0.25) is 0 Å². The summed E-state index contributed by atoms with van der Waals surface area (Å²) in [6, 6.07) is 17.4. The van der Waals surface area contributed by atoms with Crippen LogP contribution in [0.4, 0.5) is 0 Å². The Morgan fingerprint density at radius 3 is 2.50 bits per heavy atom. The number of benzene rings is 2. The molecule has 3 N–H and O–H groups in total. The van der Waals surface area contributed by atoms with Crippen LogP contribution in [0.25, 0.3) is 0 Å². The zero-order chi connectivity index (χ0) is 14.4. The van der Waals surface area contributed by atoms with Gasteiger partial charge >= 0.3 is 0 Å². The summed E-state index contributed by atoms with van der Waals surface area (Å²) >= 11 is 4.18. The number of hydrogen-bond donors (Lipinski definition) is 2. The highest BCUT2D eigenvalue weighted by molar-refractivity contribution is 14.1. The molecule has 106 valence electrons. The van der Waals surface area contributed by atoms with Crippen LogP contribution in [0.3, 0.4) is 0 Å². The van der Waals surface area contributed by atoms with Crippen LogP contribution >= 0.6 is 34.4 Å². The lowest BCUT2D eigenvalue weighted by Crippen LogP contribution is -2.38. The van der Waals surface area contributed by atoms with E-state index in [4.69, 9.17) is 5.84 Å². The number of rotatable bonds is 6. The van der Waals surface area contributed by atoms with Gasteiger partial charge in [0.25, 0.3) is 0 Å². The monoisotopic (exact) mass is 398 g/mol. The number of nitrogens with one attached hydrogen (secondary N) is 1. The van der Waals surface area contributed by atoms with E-state index in [0.29, 0.717) is 0 Å². The summed E-state index contributed by atoms with van der Waals surface area (Å²) in [7, 11) is 0. The van der Waals surface area contributed by atoms with E-state index in [1.165, 1.54) is 19.6 Å². The van der Waals surface area contributed by atoms with Crippen molar-refractivity contribution >= 4 is 34.4 Å². The van der Waals surface area contributed by atoms with Crippen LogP contribution in [-0.2, 0) is 6.42 Å². The van der Waals surface area contributed by atoms with E-state index in [1.54, 1.807) is 0 Å². The second-order valence-corrected chi connectivity index (χ2v) is 7.08. The first-order valence-corrected chi connectivity index (χ1v) is 8.64. The van der Waals surface area contributed by atoms with Gasteiger partial charge in [0.1, 0.15) is 0 Å². The fraction of sp³-hybridized carbons (Fsp3) is 0.250. The maximum absolute atomic E-state index is 5.69. The molecule has 0 aliphatic carbocycles. The van der Waals surface area contributed by atoms with Gasteiger partial charge in [-0.2, -0.15) is 0 Å². The largest absolute Gasteiger partial charge is 0.271 e. The maximum Gasteiger partial charge on any atom is 0.0344 e. The van der Waals surface area contributed by atoms with Gasteiger partial charge in [-0.05, 0) is 65.3 Å². The lowest BCUT2D eigenvalue weighted by Gasteiger charge is -2.16. The molecule has 2 nitrogen and oxygen atoms in total. The van der Waals surface area contributed by atoms with Crippen LogP contribution in [0.1, 0.15) is 11.1 Å². The summed E-state index contributed by atoms with van der Waals surface area (Å²) in [6.07, 6.45) is 0.951. The number of thioether (sulfide) groups is 1. The van der Waals surface area contributed by atoms with Crippen LogP contribution in [0.2, 0.25) is 0 Å². The molecule has 1 atom stereocenters. The number of halogens is 1. The Bertz CT molecular complexity index is 542. The summed E-state index contributed by atoms with van der Waals surface area (Å²) < 4.78 is 1.26. The van der Waals surface area contributed by atoms with Gasteiger partial charge in [-0.25, -0.2) is 0 Å². The van der Waals surface area contributed by atoms with Crippen molar-refractivity contribution in [1.29, 1.82) is 0 Å². The number of aryl methyl sites for hydroxylation is 1. The Balaban J connectivity index is 1.92. The van der Waals surface area contributed by atoms with Crippen molar-refractivity contribution in [1.82, 2.24) is 5.43 Å². The molecule has 0 amide bonds. The summed E-state index contributed by atoms with van der Waals surface area (Å²) in [5.41, 5.74) is 5.57. The zero-order valence-electron chi connectivity index (χ0n) is 11.5. The van der Waals surface area contributed by atoms with Crippen molar-refractivity contribution in [2.75, 3.05) is 5.75 Å². The average Bonchev–Trinajstić information content (AvgIpc) is 2.47. The molecule has 0 spiro atoms. The Kier molecular flexibility index (Phi) is 6.35. The molecule has 2 rings (SSSR count). The molecule has 0 heterocycles. The van der Waals surface area contributed by atoms with Crippen molar-refractivity contribution in [2.24, 2.45) is 5.84 Å². The van der Waals surface area contributed by atoms with Gasteiger partial charge < -0.3 is 0 Å². The van der Waals surface area contributed by atoms with Crippen LogP contribution in [0.5, 0.6) is 0 Å². The fourth-order valence-electron chi connectivity index (χ4n) is 1.98. The molecule has 0 fully saturated rings. The molecule has 0 aromatic heterocycles. The molecular weight excluding hydrogens is 379 g/mol. The standard InChI is InChI=1S/C16H19IN2S/c1-12-4-2-3-5-16(12)20-11-15(19-18)10-13-6-8-14(17)9-7-13/h2-9,15,19H,10-11,18H2,1H3. The first-order valence-electron chi connectivity index (χ1n) is 6.58. The van der Waals surface area contributed by atoms with E-state index >= 15 is 0 Å². The highest BCUT2D eigenvalue weighted by Gasteiger charge is 2.09. The minimum absolute atomic E-state index is 0.277. The number of nitrogens with two attached hydrogens (primary N) is 1. The Morgan fingerprint density at radius 1 is 1.15 bits per heavy atom. The Hall–Kier alpha value is -0.560. The van der Waals surface area contributed by atoms with E-state index < -0.39 is 0 Å². The topological polar surface area (TPSA) is 38.0 Å². The molecule has 4 heteroatoms. The average molecular weight is 398 g/mol. The van der Waals surface area contributed by atoms with Crippen LogP contribution in [0, 0.1) is 10.5 Å². The highest BCUT2D eigenvalue weighted by atomic mass is 127. The van der Waals surface area contributed by atoms with E-state index in [9.17, 15) is 0 Å². The van der Waals surface area contributed by atoms with E-state index in [2.05, 4.69) is 83.5 Å². The Morgan fingerprint density at radius 2 is 1.85 bits per heavy atom. The van der Waals surface area contributed by atoms with Crippen molar-refractivity contribution < 1.29 is 0 Å². The molecule has 0 aliphatic heterocycles. The van der Waals surface area contributed by atoms with Gasteiger partial charge in [0.05, 0.1) is 0 Å². The minimum Gasteiger partial charge on any atom is -0.271 e. The summed E-state index contributed by atoms with van der Waals surface area (Å²) in [5, 5.41) is 0. The molecular formula is C16H19IN2S. The quantitative estimate of drug-likeness (QED) is 0.337. The predicted octanol–water partition coefficient (Wildman–Crippen LogP) is 3.77. The molecule has 20 heavy (non-hydrogen) atoms. The first-order chi connectivity index (χ1) is 9.69. The molecule has 2 aromatic carbocycles. The molecule has 0 saturated heterocycles. The number of hydrazine groups is 1. The van der Waals surface area contributed by atoms with E-state index in [-0.39, 0.29) is 6.04 Å². The van der Waals surface area contributed by atoms with Gasteiger partial charge in [-0.1, -0.05) is 30.3 Å². The second-order valence-electron chi connectivity index (χ2n) is 4.77. The summed E-state index contributed by atoms with van der Waals surface area (Å²) in [4.78, 5) is 1.33. The fourth-order valence-corrected chi connectivity index (χ4v) is 3.40. The van der Waals surface area contributed by atoms with Crippen molar-refractivity contribution in [3.63, 3.8) is 0 Å². The SMILES string of the molecule is Cc1ccccc1SCC(Cc1ccc(I)cc1)NN. The van der Waals surface area contributed by atoms with Crippen LogP contribution in [0.15, 0.2) is 53.4 Å². The summed E-state index contributed by atoms with van der Waals surface area (Å²) in [6.45, 7) is 2.15. The van der Waals surface area contributed by atoms with Gasteiger partial charge in [-0.15, -0.1) is 11.8 Å². The second kappa shape index (κ2) is 8.02. The van der Waals surface area contributed by atoms with Gasteiger partial charge in [0, 0.05) is 20.3 Å². The molecule has 1 unspecified atom stereocenters. The molecule has 0 bridgehead atoms. The summed E-state index contributed by atoms with van der Waals surface area (Å²) in [5.74, 6) is 6.65. The van der Waals surface area contributed by atoms with Crippen molar-refractivity contribution in [3.8, 4) is 0 Å².